The standard InChI is InChI=1S/C41H35BrClN3O5S/c1-4-6-20-31(5-2)46-40(49)32(22-27-23-33(42)38(35(24-27)50-3)51-25-30-19-13-14-21-34(30)43)39(48)45-41(46)52-26-36(47)44-37(28-15-9-7-10-16-28)29-17-11-8-12-18-29/h4-24,37H,1,25-26H2,2-3H3,(H,44,47)/b20-6-,31-5+,32-22-. The Hall–Kier alpha value is -5.16. The number of allylic oxidation sites excluding steroid dienone is 4. The minimum atomic E-state index is -0.743. The number of hydrogen-bond acceptors (Lipinski definition) is 6. The molecule has 0 radical (unpaired) electrons. The number of benzene rings is 4. The van der Waals surface area contributed by atoms with Crippen molar-refractivity contribution >= 4 is 68.3 Å². The van der Waals surface area contributed by atoms with E-state index in [2.05, 4.69) is 32.8 Å². The number of ether oxygens (including phenoxy) is 2. The fraction of sp³-hybridized carbons (Fsp3) is 0.122. The van der Waals surface area contributed by atoms with E-state index in [0.29, 0.717) is 32.3 Å². The molecule has 1 aliphatic rings. The molecule has 5 rings (SSSR count). The van der Waals surface area contributed by atoms with Gasteiger partial charge in [-0.3, -0.25) is 19.3 Å². The third kappa shape index (κ3) is 9.38. The van der Waals surface area contributed by atoms with E-state index >= 15 is 0 Å². The highest BCUT2D eigenvalue weighted by molar-refractivity contribution is 9.10. The number of amides is 3. The van der Waals surface area contributed by atoms with Crippen molar-refractivity contribution in [3.63, 3.8) is 0 Å². The number of carbonyl (C=O) groups is 3. The average molecular weight is 797 g/mol. The van der Waals surface area contributed by atoms with Crippen LogP contribution in [0.5, 0.6) is 11.5 Å². The number of aliphatic imine (C=N–C) groups is 1. The lowest BCUT2D eigenvalue weighted by Crippen LogP contribution is -2.42. The van der Waals surface area contributed by atoms with Gasteiger partial charge in [-0.15, -0.1) is 0 Å². The predicted octanol–water partition coefficient (Wildman–Crippen LogP) is 9.08. The quantitative estimate of drug-likeness (QED) is 0.0824. The fourth-order valence-corrected chi connectivity index (χ4v) is 6.86. The lowest BCUT2D eigenvalue weighted by Gasteiger charge is -2.28. The summed E-state index contributed by atoms with van der Waals surface area (Å²) in [7, 11) is 1.50. The number of nitrogens with zero attached hydrogens (tertiary/aromatic N) is 2. The van der Waals surface area contributed by atoms with Crippen molar-refractivity contribution < 1.29 is 23.9 Å². The highest BCUT2D eigenvalue weighted by atomic mass is 79.9. The number of hydrogen-bond donors (Lipinski definition) is 1. The van der Waals surface area contributed by atoms with Gasteiger partial charge in [-0.05, 0) is 69.9 Å². The largest absolute Gasteiger partial charge is 0.493 e. The van der Waals surface area contributed by atoms with Gasteiger partial charge in [0.25, 0.3) is 11.8 Å². The molecule has 264 valence electrons. The topological polar surface area (TPSA) is 97.3 Å². The Morgan fingerprint density at radius 3 is 2.29 bits per heavy atom. The van der Waals surface area contributed by atoms with Crippen LogP contribution in [0.2, 0.25) is 5.02 Å². The van der Waals surface area contributed by atoms with Crippen LogP contribution in [0.25, 0.3) is 6.08 Å². The van der Waals surface area contributed by atoms with E-state index in [4.69, 9.17) is 21.1 Å². The number of thioether (sulfide) groups is 1. The number of methoxy groups -OCH3 is 1. The molecule has 0 unspecified atom stereocenters. The van der Waals surface area contributed by atoms with Crippen LogP contribution in [-0.2, 0) is 21.0 Å². The van der Waals surface area contributed by atoms with E-state index in [9.17, 15) is 14.4 Å². The lowest BCUT2D eigenvalue weighted by atomic mass is 9.99. The summed E-state index contributed by atoms with van der Waals surface area (Å²) in [4.78, 5) is 46.8. The van der Waals surface area contributed by atoms with Crippen molar-refractivity contribution in [1.82, 2.24) is 10.2 Å². The molecule has 0 spiro atoms. The van der Waals surface area contributed by atoms with Gasteiger partial charge in [0.05, 0.1) is 23.4 Å². The molecule has 11 heteroatoms. The van der Waals surface area contributed by atoms with Gasteiger partial charge >= 0.3 is 0 Å². The van der Waals surface area contributed by atoms with E-state index in [1.807, 2.05) is 78.9 Å². The Labute approximate surface area is 320 Å². The Morgan fingerprint density at radius 2 is 1.67 bits per heavy atom. The first-order chi connectivity index (χ1) is 25.2. The summed E-state index contributed by atoms with van der Waals surface area (Å²) in [6.07, 6.45) is 8.09. The molecular formula is C41H35BrClN3O5S. The second-order valence-electron chi connectivity index (χ2n) is 11.2. The Bertz CT molecular complexity index is 2040. The van der Waals surface area contributed by atoms with E-state index in [-0.39, 0.29) is 29.0 Å². The van der Waals surface area contributed by atoms with Gasteiger partial charge < -0.3 is 14.8 Å². The van der Waals surface area contributed by atoms with Crippen molar-refractivity contribution in [3.8, 4) is 11.5 Å². The zero-order valence-corrected chi connectivity index (χ0v) is 31.6. The van der Waals surface area contributed by atoms with Crippen molar-refractivity contribution in [2.24, 2.45) is 4.99 Å². The van der Waals surface area contributed by atoms with Gasteiger partial charge in [0.2, 0.25) is 5.91 Å². The monoisotopic (exact) mass is 795 g/mol. The highest BCUT2D eigenvalue weighted by Gasteiger charge is 2.35. The SMILES string of the molecule is C=C/C=C\C(=C/C)N1C(=O)/C(=C\c2cc(Br)c(OCc3ccccc3Cl)c(OC)c2)C(=O)N=C1SCC(=O)NC(c1ccccc1)c1ccccc1. The summed E-state index contributed by atoms with van der Waals surface area (Å²) >= 11 is 10.8. The van der Waals surface area contributed by atoms with Crippen molar-refractivity contribution in [2.75, 3.05) is 12.9 Å². The normalized spacial score (nSPS) is 14.2. The molecule has 0 aliphatic carbocycles. The van der Waals surface area contributed by atoms with Crippen LogP contribution in [0.3, 0.4) is 0 Å². The average Bonchev–Trinajstić information content (AvgIpc) is 3.16. The number of amidine groups is 1. The number of rotatable bonds is 13. The molecule has 4 aromatic carbocycles. The van der Waals surface area contributed by atoms with Gasteiger partial charge in [0.15, 0.2) is 16.7 Å². The van der Waals surface area contributed by atoms with E-state index in [1.54, 1.807) is 49.4 Å². The van der Waals surface area contributed by atoms with Crippen LogP contribution in [0, 0.1) is 0 Å². The Balaban J connectivity index is 1.41. The van der Waals surface area contributed by atoms with Gasteiger partial charge in [-0.25, -0.2) is 0 Å². The Kier molecular flexibility index (Phi) is 13.4. The van der Waals surface area contributed by atoms with Crippen LogP contribution in [-0.4, -0.2) is 40.7 Å². The minimum Gasteiger partial charge on any atom is -0.493 e. The number of nitrogens with one attached hydrogen (secondary N) is 1. The maximum absolute atomic E-state index is 14.2. The summed E-state index contributed by atoms with van der Waals surface area (Å²) in [5.41, 5.74) is 3.39. The maximum atomic E-state index is 14.2. The first-order valence-electron chi connectivity index (χ1n) is 16.1. The van der Waals surface area contributed by atoms with E-state index < -0.39 is 17.9 Å². The predicted molar refractivity (Wildman–Crippen MR) is 212 cm³/mol. The van der Waals surface area contributed by atoms with E-state index in [1.165, 1.54) is 18.1 Å². The van der Waals surface area contributed by atoms with Crippen LogP contribution in [0.4, 0.5) is 0 Å². The maximum Gasteiger partial charge on any atom is 0.285 e. The molecule has 0 atom stereocenters. The molecule has 8 nitrogen and oxygen atoms in total. The fourth-order valence-electron chi connectivity index (χ4n) is 5.29. The zero-order chi connectivity index (χ0) is 37.0. The zero-order valence-electron chi connectivity index (χ0n) is 28.4. The third-order valence-corrected chi connectivity index (χ3v) is 9.70. The first-order valence-corrected chi connectivity index (χ1v) is 18.3. The lowest BCUT2D eigenvalue weighted by molar-refractivity contribution is -0.126. The number of halogens is 2. The van der Waals surface area contributed by atoms with Gasteiger partial charge in [0, 0.05) is 16.3 Å². The molecular weight excluding hydrogens is 762 g/mol. The number of carbonyl (C=O) groups excluding carboxylic acids is 3. The van der Waals surface area contributed by atoms with Crippen LogP contribution < -0.4 is 14.8 Å². The summed E-state index contributed by atoms with van der Waals surface area (Å²) in [5, 5.41) is 3.74. The molecule has 0 aromatic heterocycles. The molecule has 0 saturated heterocycles. The third-order valence-electron chi connectivity index (χ3n) is 7.81. The van der Waals surface area contributed by atoms with Crippen LogP contribution in [0.1, 0.15) is 35.2 Å². The molecule has 1 aliphatic heterocycles. The van der Waals surface area contributed by atoms with Gasteiger partial charge in [-0.2, -0.15) is 4.99 Å². The summed E-state index contributed by atoms with van der Waals surface area (Å²) in [5.74, 6) is -0.955. The summed E-state index contributed by atoms with van der Waals surface area (Å²) in [6, 6.07) is 29.6. The second-order valence-corrected chi connectivity index (χ2v) is 13.4. The van der Waals surface area contributed by atoms with Crippen LogP contribution in [0.15, 0.2) is 149 Å². The Morgan fingerprint density at radius 1 is 1.02 bits per heavy atom. The summed E-state index contributed by atoms with van der Waals surface area (Å²) in [6.45, 7) is 5.69. The molecule has 0 bridgehead atoms. The summed E-state index contributed by atoms with van der Waals surface area (Å²) < 4.78 is 12.2. The molecule has 0 saturated carbocycles. The molecule has 1 N–H and O–H groups in total. The van der Waals surface area contributed by atoms with Crippen molar-refractivity contribution in [1.29, 1.82) is 0 Å². The van der Waals surface area contributed by atoms with Gasteiger partial charge in [-0.1, -0.05) is 127 Å². The second kappa shape index (κ2) is 18.4. The molecule has 3 amide bonds. The van der Waals surface area contributed by atoms with Crippen molar-refractivity contribution in [2.45, 2.75) is 19.6 Å². The van der Waals surface area contributed by atoms with Crippen LogP contribution >= 0.6 is 39.3 Å². The van der Waals surface area contributed by atoms with Gasteiger partial charge in [0.1, 0.15) is 12.2 Å². The molecule has 0 fully saturated rings. The highest BCUT2D eigenvalue weighted by Crippen LogP contribution is 2.38. The molecule has 52 heavy (non-hydrogen) atoms. The molecule has 4 aromatic rings. The molecule has 1 heterocycles. The van der Waals surface area contributed by atoms with E-state index in [0.717, 1.165) is 28.5 Å². The first kappa shape index (κ1) is 38.1. The minimum absolute atomic E-state index is 0.0715. The van der Waals surface area contributed by atoms with Crippen molar-refractivity contribution in [3.05, 3.63) is 171 Å². The smallest absolute Gasteiger partial charge is 0.285 e.